The minimum Gasteiger partial charge on any atom is -0.493 e. The highest BCUT2D eigenvalue weighted by atomic mass is 16.7. The third kappa shape index (κ3) is 5.70. The molecule has 40 heavy (non-hydrogen) atoms. The maximum absolute atomic E-state index is 10.4. The van der Waals surface area contributed by atoms with Crippen molar-refractivity contribution in [1.82, 2.24) is 0 Å². The van der Waals surface area contributed by atoms with Crippen LogP contribution >= 0.6 is 0 Å². The fourth-order valence-electron chi connectivity index (χ4n) is 4.97. The van der Waals surface area contributed by atoms with E-state index in [0.717, 1.165) is 16.7 Å². The van der Waals surface area contributed by atoms with Crippen LogP contribution in [-0.2, 0) is 9.47 Å². The van der Waals surface area contributed by atoms with Crippen molar-refractivity contribution in [3.63, 3.8) is 0 Å². The third-order valence-corrected chi connectivity index (χ3v) is 7.06. The van der Waals surface area contributed by atoms with Crippen molar-refractivity contribution in [2.45, 2.75) is 42.7 Å². The minimum atomic E-state index is -1.52. The number of rotatable bonds is 11. The van der Waals surface area contributed by atoms with Crippen molar-refractivity contribution >= 4 is 6.08 Å². The number of aliphatic hydroxyl groups excluding tert-OH is 5. The molecule has 2 aliphatic heterocycles. The first-order valence-corrected chi connectivity index (χ1v) is 12.7. The predicted octanol–water partition coefficient (Wildman–Crippen LogP) is 0.760. The topological polar surface area (TPSA) is 166 Å². The highest BCUT2D eigenvalue weighted by Gasteiger charge is 2.44. The van der Waals surface area contributed by atoms with E-state index in [1.54, 1.807) is 30.4 Å². The summed E-state index contributed by atoms with van der Waals surface area (Å²) in [6, 6.07) is 7.21. The maximum atomic E-state index is 10.4. The first-order chi connectivity index (χ1) is 19.3. The van der Waals surface area contributed by atoms with E-state index in [1.165, 1.54) is 28.4 Å². The first kappa shape index (κ1) is 29.9. The minimum absolute atomic E-state index is 0.00389. The second kappa shape index (κ2) is 13.0. The summed E-state index contributed by atoms with van der Waals surface area (Å²) in [4.78, 5) is 0. The molecule has 1 fully saturated rings. The van der Waals surface area contributed by atoms with Crippen LogP contribution in [0.1, 0.15) is 28.7 Å². The lowest BCUT2D eigenvalue weighted by atomic mass is 9.90. The average molecular weight is 565 g/mol. The van der Waals surface area contributed by atoms with Crippen LogP contribution in [0.4, 0.5) is 0 Å². The number of hydrogen-bond acceptors (Lipinski definition) is 12. The van der Waals surface area contributed by atoms with E-state index >= 15 is 0 Å². The molecule has 1 saturated heterocycles. The van der Waals surface area contributed by atoms with Gasteiger partial charge in [-0.1, -0.05) is 12.2 Å². The number of benzene rings is 2. The van der Waals surface area contributed by atoms with Gasteiger partial charge in [0.15, 0.2) is 29.3 Å². The molecule has 12 heteroatoms. The standard InChI is InChI=1S/C28H36O12/c1-34-18-9-14(6-5-7-38-28-24(33)23(32)22(31)21(13-30)39-28)8-16-17(12-29)25(40-26(16)18)15-10-19(35-2)27(37-4)20(11-15)36-3/h5-6,8-11,17,21-25,28-33H,7,12-13H2,1-4H3/t17-,21-,22-,23+,24-,25+,28-/m1/s1. The van der Waals surface area contributed by atoms with Crippen LogP contribution in [0.5, 0.6) is 28.7 Å². The largest absolute Gasteiger partial charge is 0.493 e. The van der Waals surface area contributed by atoms with Crippen molar-refractivity contribution in [1.29, 1.82) is 0 Å². The monoisotopic (exact) mass is 564 g/mol. The lowest BCUT2D eigenvalue weighted by molar-refractivity contribution is -0.298. The Morgan fingerprint density at radius 3 is 2.05 bits per heavy atom. The van der Waals surface area contributed by atoms with Gasteiger partial charge in [-0.05, 0) is 29.8 Å². The van der Waals surface area contributed by atoms with Gasteiger partial charge in [0.2, 0.25) is 5.75 Å². The average Bonchev–Trinajstić information content (AvgIpc) is 3.36. The van der Waals surface area contributed by atoms with Crippen LogP contribution in [0.15, 0.2) is 30.3 Å². The third-order valence-electron chi connectivity index (χ3n) is 7.06. The Bertz CT molecular complexity index is 1160. The molecule has 0 aliphatic carbocycles. The molecule has 5 N–H and O–H groups in total. The number of hydrogen-bond donors (Lipinski definition) is 5. The predicted molar refractivity (Wildman–Crippen MR) is 141 cm³/mol. The molecule has 2 aromatic carbocycles. The Morgan fingerprint density at radius 2 is 1.48 bits per heavy atom. The Balaban J connectivity index is 1.54. The lowest BCUT2D eigenvalue weighted by Gasteiger charge is -2.39. The van der Waals surface area contributed by atoms with Crippen LogP contribution in [0.25, 0.3) is 6.08 Å². The van der Waals surface area contributed by atoms with E-state index in [-0.39, 0.29) is 13.2 Å². The molecule has 0 spiro atoms. The van der Waals surface area contributed by atoms with Crippen molar-refractivity contribution in [2.24, 2.45) is 0 Å². The molecule has 2 aromatic rings. The summed E-state index contributed by atoms with van der Waals surface area (Å²) in [5.74, 6) is 1.92. The molecule has 0 saturated carbocycles. The normalized spacial score (nSPS) is 27.8. The molecular weight excluding hydrogens is 528 g/mol. The Morgan fingerprint density at radius 1 is 0.800 bits per heavy atom. The fraction of sp³-hybridized carbons (Fsp3) is 0.500. The molecular formula is C28H36O12. The van der Waals surface area contributed by atoms with E-state index in [2.05, 4.69) is 0 Å². The van der Waals surface area contributed by atoms with Crippen molar-refractivity contribution in [2.75, 3.05) is 48.3 Å². The van der Waals surface area contributed by atoms with Gasteiger partial charge in [0.25, 0.3) is 0 Å². The van der Waals surface area contributed by atoms with Crippen LogP contribution in [-0.4, -0.2) is 104 Å². The zero-order valence-corrected chi connectivity index (χ0v) is 22.7. The molecule has 2 aliphatic rings. The second-order valence-corrected chi connectivity index (χ2v) is 9.36. The number of aliphatic hydroxyl groups is 5. The van der Waals surface area contributed by atoms with Gasteiger partial charge in [-0.15, -0.1) is 0 Å². The molecule has 0 bridgehead atoms. The van der Waals surface area contributed by atoms with Gasteiger partial charge in [0, 0.05) is 11.1 Å². The van der Waals surface area contributed by atoms with E-state index in [9.17, 15) is 25.5 Å². The first-order valence-electron chi connectivity index (χ1n) is 12.7. The molecule has 0 amide bonds. The molecule has 0 unspecified atom stereocenters. The van der Waals surface area contributed by atoms with Gasteiger partial charge in [-0.3, -0.25) is 0 Å². The number of ether oxygens (including phenoxy) is 7. The molecule has 2 heterocycles. The van der Waals surface area contributed by atoms with E-state index in [4.69, 9.17) is 33.2 Å². The van der Waals surface area contributed by atoms with Gasteiger partial charge in [0.05, 0.1) is 54.2 Å². The maximum Gasteiger partial charge on any atom is 0.203 e. The number of fused-ring (bicyclic) bond motifs is 1. The fourth-order valence-corrected chi connectivity index (χ4v) is 4.97. The summed E-state index contributed by atoms with van der Waals surface area (Å²) in [7, 11) is 6.10. The van der Waals surface area contributed by atoms with Crippen LogP contribution in [0.3, 0.4) is 0 Å². The SMILES string of the molecule is COc1cc([C@@H]2Oc3c(OC)cc(C=CCO[C@@H]4O[C@H](CO)[C@@H](O)[C@H](O)[C@H]4O)cc3[C@H]2CO)cc(OC)c1OC. The summed E-state index contributed by atoms with van der Waals surface area (Å²) in [5, 5.41) is 49.7. The smallest absolute Gasteiger partial charge is 0.203 e. The summed E-state index contributed by atoms with van der Waals surface area (Å²) >= 11 is 0. The molecule has 12 nitrogen and oxygen atoms in total. The van der Waals surface area contributed by atoms with E-state index < -0.39 is 49.3 Å². The van der Waals surface area contributed by atoms with Gasteiger partial charge in [0.1, 0.15) is 30.5 Å². The molecule has 7 atom stereocenters. The van der Waals surface area contributed by atoms with Gasteiger partial charge in [-0.25, -0.2) is 0 Å². The zero-order chi connectivity index (χ0) is 29.0. The summed E-state index contributed by atoms with van der Waals surface area (Å²) < 4.78 is 39.2. The molecule has 220 valence electrons. The molecule has 4 rings (SSSR count). The number of methoxy groups -OCH3 is 4. The Kier molecular flexibility index (Phi) is 9.74. The molecule has 0 radical (unpaired) electrons. The lowest BCUT2D eigenvalue weighted by Crippen LogP contribution is -2.59. The summed E-state index contributed by atoms with van der Waals surface area (Å²) in [6.45, 7) is -0.748. The van der Waals surface area contributed by atoms with Crippen molar-refractivity contribution < 1.29 is 58.7 Å². The van der Waals surface area contributed by atoms with Crippen LogP contribution in [0, 0.1) is 0 Å². The highest BCUT2D eigenvalue weighted by Crippen LogP contribution is 2.52. The van der Waals surface area contributed by atoms with Crippen LogP contribution < -0.4 is 23.7 Å². The quantitative estimate of drug-likeness (QED) is 0.261. The van der Waals surface area contributed by atoms with Gasteiger partial charge < -0.3 is 58.7 Å². The van der Waals surface area contributed by atoms with E-state index in [1.807, 2.05) is 6.07 Å². The molecule has 0 aromatic heterocycles. The summed E-state index contributed by atoms with van der Waals surface area (Å²) in [5.41, 5.74) is 2.20. The second-order valence-electron chi connectivity index (χ2n) is 9.36. The highest BCUT2D eigenvalue weighted by molar-refractivity contribution is 5.63. The van der Waals surface area contributed by atoms with E-state index in [0.29, 0.717) is 28.7 Å². The summed E-state index contributed by atoms with van der Waals surface area (Å²) in [6.07, 6.45) is -3.88. The van der Waals surface area contributed by atoms with Crippen molar-refractivity contribution in [3.05, 3.63) is 47.0 Å². The Hall–Kier alpha value is -3.10. The zero-order valence-electron chi connectivity index (χ0n) is 22.7. The van der Waals surface area contributed by atoms with Crippen LogP contribution in [0.2, 0.25) is 0 Å². The van der Waals surface area contributed by atoms with Gasteiger partial charge in [-0.2, -0.15) is 0 Å². The van der Waals surface area contributed by atoms with Gasteiger partial charge >= 0.3 is 0 Å². The van der Waals surface area contributed by atoms with Crippen molar-refractivity contribution in [3.8, 4) is 28.7 Å². The Labute approximate surface area is 231 Å².